The average Bonchev–Trinajstić information content (AvgIpc) is 3.24. The number of carbonyl (C=O) groups is 2. The highest BCUT2D eigenvalue weighted by molar-refractivity contribution is 7.92. The molecule has 1 aliphatic rings. The van der Waals surface area contributed by atoms with Crippen LogP contribution in [-0.4, -0.2) is 25.4 Å². The molecule has 0 atom stereocenters. The van der Waals surface area contributed by atoms with Gasteiger partial charge in [0.15, 0.2) is 29.1 Å². The summed E-state index contributed by atoms with van der Waals surface area (Å²) in [4.78, 5) is 24.8. The number of sulfonamides is 1. The number of benzene rings is 2. The Bertz CT molecular complexity index is 1320. The minimum Gasteiger partial charge on any atom is -0.360 e. The normalized spacial score (nSPS) is 13.6. The van der Waals surface area contributed by atoms with Gasteiger partial charge in [0.25, 0.3) is 21.8 Å². The second-order valence-corrected chi connectivity index (χ2v) is 8.06. The second kappa shape index (κ2) is 6.91. The molecule has 1 N–H and O–H groups in total. The van der Waals surface area contributed by atoms with Crippen LogP contribution in [0.15, 0.2) is 39.8 Å². The van der Waals surface area contributed by atoms with E-state index in [1.807, 2.05) is 0 Å². The van der Waals surface area contributed by atoms with Gasteiger partial charge in [0.05, 0.1) is 21.7 Å². The number of rotatable bonds is 4. The highest BCUT2D eigenvalue weighted by Crippen LogP contribution is 2.34. The van der Waals surface area contributed by atoms with Gasteiger partial charge in [-0.2, -0.15) is 0 Å². The van der Waals surface area contributed by atoms with Gasteiger partial charge >= 0.3 is 0 Å². The minimum absolute atomic E-state index is 0.0862. The molecule has 0 radical (unpaired) electrons. The Hall–Kier alpha value is -3.74. The second-order valence-electron chi connectivity index (χ2n) is 6.37. The molecular weight excluding hydrogens is 446 g/mol. The van der Waals surface area contributed by atoms with Crippen molar-refractivity contribution in [3.63, 3.8) is 0 Å². The number of imide groups is 1. The zero-order chi connectivity index (χ0) is 22.7. The summed E-state index contributed by atoms with van der Waals surface area (Å²) in [7, 11) is -4.13. The van der Waals surface area contributed by atoms with E-state index in [1.165, 1.54) is 6.07 Å². The molecule has 0 aliphatic carbocycles. The van der Waals surface area contributed by atoms with Crippen molar-refractivity contribution in [3.05, 3.63) is 70.5 Å². The van der Waals surface area contributed by atoms with Crippen LogP contribution in [0.3, 0.4) is 0 Å². The Labute approximate surface area is 171 Å². The molecular formula is C18H9F4N3O5S. The van der Waals surface area contributed by atoms with Gasteiger partial charge in [0.2, 0.25) is 0 Å². The summed E-state index contributed by atoms with van der Waals surface area (Å²) >= 11 is 0. The third-order valence-corrected chi connectivity index (χ3v) is 5.74. The fourth-order valence-electron chi connectivity index (χ4n) is 2.97. The van der Waals surface area contributed by atoms with Crippen LogP contribution in [0.5, 0.6) is 0 Å². The van der Waals surface area contributed by atoms with E-state index in [-0.39, 0.29) is 21.3 Å². The molecule has 2 aromatic carbocycles. The van der Waals surface area contributed by atoms with Gasteiger partial charge in [-0.1, -0.05) is 5.16 Å². The monoisotopic (exact) mass is 455 g/mol. The van der Waals surface area contributed by atoms with E-state index in [1.54, 1.807) is 6.92 Å². The predicted molar refractivity (Wildman–Crippen MR) is 95.9 cm³/mol. The van der Waals surface area contributed by atoms with Crippen LogP contribution in [-0.2, 0) is 10.0 Å². The number of anilines is 2. The lowest BCUT2D eigenvalue weighted by Crippen LogP contribution is -2.29. The maximum atomic E-state index is 14.0. The van der Waals surface area contributed by atoms with Crippen molar-refractivity contribution in [2.45, 2.75) is 11.8 Å². The molecule has 13 heteroatoms. The number of fused-ring (bicyclic) bond motifs is 1. The molecule has 0 saturated carbocycles. The van der Waals surface area contributed by atoms with Gasteiger partial charge in [-0.3, -0.25) is 14.3 Å². The molecule has 31 heavy (non-hydrogen) atoms. The van der Waals surface area contributed by atoms with E-state index in [4.69, 9.17) is 4.52 Å². The lowest BCUT2D eigenvalue weighted by atomic mass is 10.1. The number of aryl methyl sites for hydroxylation is 1. The van der Waals surface area contributed by atoms with E-state index in [0.717, 1.165) is 24.3 Å². The van der Waals surface area contributed by atoms with Crippen molar-refractivity contribution in [2.75, 3.05) is 9.62 Å². The molecule has 0 unspecified atom stereocenters. The first kappa shape index (κ1) is 20.5. The van der Waals surface area contributed by atoms with Crippen molar-refractivity contribution in [1.29, 1.82) is 0 Å². The van der Waals surface area contributed by atoms with Gasteiger partial charge in [0, 0.05) is 6.07 Å². The standard InChI is InChI=1S/C18H9F4N3O5S/c1-7-6-10(23-30-7)24-31(28,29)9-4-2-8(3-5-9)25-17(26)11-12(18(25)27)14(20)16(22)15(21)13(11)19/h2-6H,1H3,(H,23,24). The Morgan fingerprint density at radius 2 is 1.42 bits per heavy atom. The molecule has 0 spiro atoms. The molecule has 4 rings (SSSR count). The number of carbonyl (C=O) groups excluding carboxylic acids is 2. The van der Waals surface area contributed by atoms with Gasteiger partial charge in [-0.05, 0) is 31.2 Å². The molecule has 2 heterocycles. The van der Waals surface area contributed by atoms with E-state index in [9.17, 15) is 35.6 Å². The number of aromatic nitrogens is 1. The van der Waals surface area contributed by atoms with Gasteiger partial charge < -0.3 is 4.52 Å². The Kier molecular flexibility index (Phi) is 4.57. The number of nitrogens with zero attached hydrogens (tertiary/aromatic N) is 2. The van der Waals surface area contributed by atoms with Gasteiger partial charge in [-0.25, -0.2) is 30.9 Å². The maximum Gasteiger partial charge on any atom is 0.269 e. The topological polar surface area (TPSA) is 110 Å². The lowest BCUT2D eigenvalue weighted by molar-refractivity contribution is 0.0924. The Morgan fingerprint density at radius 3 is 1.87 bits per heavy atom. The molecule has 3 aromatic rings. The average molecular weight is 455 g/mol. The number of amides is 2. The summed E-state index contributed by atoms with van der Waals surface area (Å²) in [5.41, 5.74) is -2.77. The third-order valence-electron chi connectivity index (χ3n) is 4.37. The van der Waals surface area contributed by atoms with Crippen LogP contribution in [0.1, 0.15) is 26.5 Å². The fraction of sp³-hybridized carbons (Fsp3) is 0.0556. The summed E-state index contributed by atoms with van der Waals surface area (Å²) in [5, 5.41) is 3.49. The number of nitrogens with one attached hydrogen (secondary N) is 1. The SMILES string of the molecule is Cc1cc(NS(=O)(=O)c2ccc(N3C(=O)c4c(F)c(F)c(F)c(F)c4C3=O)cc2)no1. The van der Waals surface area contributed by atoms with Crippen LogP contribution in [0.25, 0.3) is 0 Å². The Balaban J connectivity index is 1.68. The quantitative estimate of drug-likeness (QED) is 0.280. The lowest BCUT2D eigenvalue weighted by Gasteiger charge is -2.14. The largest absolute Gasteiger partial charge is 0.360 e. The van der Waals surface area contributed by atoms with Crippen LogP contribution in [0.4, 0.5) is 29.1 Å². The fourth-order valence-corrected chi connectivity index (χ4v) is 3.95. The molecule has 1 aliphatic heterocycles. The first-order valence-corrected chi connectivity index (χ1v) is 9.82. The number of hydrogen-bond acceptors (Lipinski definition) is 6. The first-order chi connectivity index (χ1) is 14.5. The first-order valence-electron chi connectivity index (χ1n) is 8.34. The molecule has 0 fully saturated rings. The zero-order valence-corrected chi connectivity index (χ0v) is 16.1. The van der Waals surface area contributed by atoms with Crippen molar-refractivity contribution >= 4 is 33.3 Å². The van der Waals surface area contributed by atoms with Crippen LogP contribution in [0.2, 0.25) is 0 Å². The molecule has 2 amide bonds. The Morgan fingerprint density at radius 1 is 0.903 bits per heavy atom. The highest BCUT2D eigenvalue weighted by atomic mass is 32.2. The van der Waals surface area contributed by atoms with E-state index >= 15 is 0 Å². The van der Waals surface area contributed by atoms with Crippen molar-refractivity contribution in [2.24, 2.45) is 0 Å². The van der Waals surface area contributed by atoms with Crippen LogP contribution >= 0.6 is 0 Å². The van der Waals surface area contributed by atoms with Gasteiger partial charge in [0.1, 0.15) is 5.76 Å². The molecule has 0 saturated heterocycles. The number of hydrogen-bond donors (Lipinski definition) is 1. The van der Waals surface area contributed by atoms with Crippen molar-refractivity contribution < 1.29 is 40.1 Å². The summed E-state index contributed by atoms with van der Waals surface area (Å²) in [6.45, 7) is 1.55. The summed E-state index contributed by atoms with van der Waals surface area (Å²) in [6, 6.07) is 5.34. The van der Waals surface area contributed by atoms with Crippen molar-refractivity contribution in [1.82, 2.24) is 5.16 Å². The zero-order valence-electron chi connectivity index (χ0n) is 15.2. The van der Waals surface area contributed by atoms with E-state index in [0.29, 0.717) is 5.76 Å². The van der Waals surface area contributed by atoms with Crippen LogP contribution < -0.4 is 9.62 Å². The van der Waals surface area contributed by atoms with E-state index in [2.05, 4.69) is 9.88 Å². The summed E-state index contributed by atoms with van der Waals surface area (Å²) in [5.74, 6) is -11.0. The van der Waals surface area contributed by atoms with Gasteiger partial charge in [-0.15, -0.1) is 0 Å². The maximum absolute atomic E-state index is 14.0. The molecule has 0 bridgehead atoms. The highest BCUT2D eigenvalue weighted by Gasteiger charge is 2.44. The molecule has 160 valence electrons. The minimum atomic E-state index is -4.13. The van der Waals surface area contributed by atoms with E-state index < -0.39 is 56.2 Å². The molecule has 1 aromatic heterocycles. The molecule has 8 nitrogen and oxygen atoms in total. The summed E-state index contributed by atoms with van der Waals surface area (Å²) in [6.07, 6.45) is 0. The smallest absolute Gasteiger partial charge is 0.269 e. The summed E-state index contributed by atoms with van der Waals surface area (Å²) < 4.78 is 86.6. The number of halogens is 4. The third kappa shape index (κ3) is 3.13. The predicted octanol–water partition coefficient (Wildman–Crippen LogP) is 3.14. The van der Waals surface area contributed by atoms with Crippen LogP contribution in [0, 0.1) is 30.2 Å². The van der Waals surface area contributed by atoms with Crippen molar-refractivity contribution in [3.8, 4) is 0 Å².